The normalized spacial score (nSPS) is 12.6. The molecule has 0 radical (unpaired) electrons. The van der Waals surface area contributed by atoms with Crippen molar-refractivity contribution in [2.45, 2.75) is 258 Å². The van der Waals surface area contributed by atoms with Crippen LogP contribution in [0.4, 0.5) is 0 Å². The molecule has 0 aliphatic rings. The highest BCUT2D eigenvalue weighted by atomic mass is 16.6. The van der Waals surface area contributed by atoms with Crippen molar-refractivity contribution >= 4 is 17.9 Å². The van der Waals surface area contributed by atoms with Crippen LogP contribution in [0.3, 0.4) is 0 Å². The van der Waals surface area contributed by atoms with Crippen molar-refractivity contribution < 1.29 is 28.6 Å². The van der Waals surface area contributed by atoms with E-state index >= 15 is 0 Å². The molecule has 0 aromatic carbocycles. The number of carbonyl (C=O) groups is 3. The fourth-order valence-corrected chi connectivity index (χ4v) is 7.28. The van der Waals surface area contributed by atoms with Crippen LogP contribution in [-0.4, -0.2) is 37.2 Å². The smallest absolute Gasteiger partial charge is 0.306 e. The summed E-state index contributed by atoms with van der Waals surface area (Å²) in [4.78, 5) is 38.0. The van der Waals surface area contributed by atoms with Gasteiger partial charge in [-0.25, -0.2) is 0 Å². The first-order valence-corrected chi connectivity index (χ1v) is 26.5. The van der Waals surface area contributed by atoms with E-state index in [1.165, 1.54) is 122 Å². The fourth-order valence-electron chi connectivity index (χ4n) is 7.28. The Labute approximate surface area is 389 Å². The van der Waals surface area contributed by atoms with Gasteiger partial charge in [0, 0.05) is 19.3 Å². The van der Waals surface area contributed by atoms with E-state index in [4.69, 9.17) is 14.2 Å². The Bertz CT molecular complexity index is 1190. The van der Waals surface area contributed by atoms with E-state index in [9.17, 15) is 14.4 Å². The van der Waals surface area contributed by atoms with Crippen molar-refractivity contribution in [3.63, 3.8) is 0 Å². The third-order valence-corrected chi connectivity index (χ3v) is 11.3. The number of unbranched alkanes of at least 4 members (excludes halogenated alkanes) is 26. The lowest BCUT2D eigenvalue weighted by atomic mass is 10.0. The molecule has 0 saturated carbocycles. The lowest BCUT2D eigenvalue weighted by Crippen LogP contribution is -2.30. The van der Waals surface area contributed by atoms with Gasteiger partial charge in [-0.3, -0.25) is 14.4 Å². The summed E-state index contributed by atoms with van der Waals surface area (Å²) >= 11 is 0. The maximum Gasteiger partial charge on any atom is 0.306 e. The highest BCUT2D eigenvalue weighted by Gasteiger charge is 2.19. The third-order valence-electron chi connectivity index (χ3n) is 11.3. The van der Waals surface area contributed by atoms with E-state index in [1.807, 2.05) is 0 Å². The molecule has 0 fully saturated rings. The Kier molecular flexibility index (Phi) is 48.9. The van der Waals surface area contributed by atoms with Gasteiger partial charge in [0.2, 0.25) is 0 Å². The molecule has 63 heavy (non-hydrogen) atoms. The largest absolute Gasteiger partial charge is 0.462 e. The van der Waals surface area contributed by atoms with Crippen molar-refractivity contribution in [3.8, 4) is 0 Å². The molecule has 0 spiro atoms. The third kappa shape index (κ3) is 49.7. The van der Waals surface area contributed by atoms with Gasteiger partial charge in [0.05, 0.1) is 0 Å². The maximum atomic E-state index is 12.8. The Hall–Kier alpha value is -3.15. The van der Waals surface area contributed by atoms with E-state index in [-0.39, 0.29) is 37.5 Å². The van der Waals surface area contributed by atoms with Crippen molar-refractivity contribution in [2.24, 2.45) is 0 Å². The number of hydrogen-bond donors (Lipinski definition) is 0. The number of carbonyl (C=O) groups excluding carboxylic acids is 3. The van der Waals surface area contributed by atoms with Crippen molar-refractivity contribution in [1.29, 1.82) is 0 Å². The molecule has 6 heteroatoms. The molecule has 0 saturated heterocycles. The summed E-state index contributed by atoms with van der Waals surface area (Å²) in [6.45, 7) is 6.45. The number of rotatable bonds is 47. The Morgan fingerprint density at radius 1 is 0.349 bits per heavy atom. The van der Waals surface area contributed by atoms with Crippen LogP contribution < -0.4 is 0 Å². The summed E-state index contributed by atoms with van der Waals surface area (Å²) in [5.74, 6) is -0.968. The van der Waals surface area contributed by atoms with E-state index in [2.05, 4.69) is 93.7 Å². The molecule has 0 aliphatic carbocycles. The van der Waals surface area contributed by atoms with Gasteiger partial charge in [-0.05, 0) is 70.6 Å². The molecular weight excluding hydrogens is 781 g/mol. The quantitative estimate of drug-likeness (QED) is 0.0199. The second-order valence-electron chi connectivity index (χ2n) is 17.5. The molecule has 0 aromatic rings. The molecule has 0 heterocycles. The molecular formula is C57H98O6. The number of allylic oxidation sites excluding steroid dienone is 12. The SMILES string of the molecule is CC/C=C/C=C/C=C/CCCCCCCC(=O)OCC(COC(=O)CCC/C=C/C/C=C/C/C=C/CCCCCCCC)OC(=O)CCCCCCCCCCCCCCCCC. The predicted molar refractivity (Wildman–Crippen MR) is 270 cm³/mol. The zero-order valence-corrected chi connectivity index (χ0v) is 41.3. The second-order valence-corrected chi connectivity index (χ2v) is 17.5. The van der Waals surface area contributed by atoms with Gasteiger partial charge >= 0.3 is 17.9 Å². The molecule has 1 atom stereocenters. The van der Waals surface area contributed by atoms with Crippen molar-refractivity contribution in [1.82, 2.24) is 0 Å². The van der Waals surface area contributed by atoms with Crippen LogP contribution in [0.15, 0.2) is 72.9 Å². The van der Waals surface area contributed by atoms with Crippen LogP contribution in [0.1, 0.15) is 252 Å². The summed E-state index contributed by atoms with van der Waals surface area (Å²) in [7, 11) is 0. The lowest BCUT2D eigenvalue weighted by molar-refractivity contribution is -0.167. The first-order valence-electron chi connectivity index (χ1n) is 26.5. The predicted octanol–water partition coefficient (Wildman–Crippen LogP) is 17.4. The summed E-state index contributed by atoms with van der Waals surface area (Å²) < 4.78 is 16.7. The summed E-state index contributed by atoms with van der Waals surface area (Å²) in [5, 5.41) is 0. The average molecular weight is 879 g/mol. The highest BCUT2D eigenvalue weighted by Crippen LogP contribution is 2.15. The molecule has 0 N–H and O–H groups in total. The maximum absolute atomic E-state index is 12.8. The Balaban J connectivity index is 4.46. The van der Waals surface area contributed by atoms with Crippen LogP contribution >= 0.6 is 0 Å². The molecule has 0 aliphatic heterocycles. The minimum atomic E-state index is -0.801. The van der Waals surface area contributed by atoms with Crippen LogP contribution in [0, 0.1) is 0 Å². The first kappa shape index (κ1) is 59.9. The van der Waals surface area contributed by atoms with Gasteiger partial charge in [-0.1, -0.05) is 235 Å². The zero-order chi connectivity index (χ0) is 45.8. The van der Waals surface area contributed by atoms with Gasteiger partial charge in [-0.2, -0.15) is 0 Å². The van der Waals surface area contributed by atoms with Crippen molar-refractivity contribution in [2.75, 3.05) is 13.2 Å². The molecule has 0 aromatic heterocycles. The van der Waals surface area contributed by atoms with Gasteiger partial charge in [-0.15, -0.1) is 0 Å². The average Bonchev–Trinajstić information content (AvgIpc) is 3.28. The number of esters is 3. The van der Waals surface area contributed by atoms with Crippen molar-refractivity contribution in [3.05, 3.63) is 72.9 Å². The monoisotopic (exact) mass is 879 g/mol. The molecule has 1 unspecified atom stereocenters. The van der Waals surface area contributed by atoms with Crippen LogP contribution in [0.2, 0.25) is 0 Å². The minimum Gasteiger partial charge on any atom is -0.462 e. The molecule has 362 valence electrons. The van der Waals surface area contributed by atoms with Crippen LogP contribution in [0.5, 0.6) is 0 Å². The summed E-state index contributed by atoms with van der Waals surface area (Å²) in [6.07, 6.45) is 64.6. The fraction of sp³-hybridized carbons (Fsp3) is 0.737. The molecule has 6 nitrogen and oxygen atoms in total. The lowest BCUT2D eigenvalue weighted by Gasteiger charge is -2.18. The standard InChI is InChI=1S/C57H98O6/c1-4-7-10-13-16-19-22-25-27-28-30-32-35-38-41-44-47-50-56(59)62-53-54(52-61-55(58)49-46-43-40-37-34-31-24-21-18-15-12-9-6-3)63-57(60)51-48-45-42-39-36-33-29-26-23-20-17-14-11-8-5-2/h9,12,15,18,21,24-25,27,30,32,38,41,54H,4-8,10-11,13-14,16-17,19-20,22-23,26,28-29,31,33-37,39-40,42-53H2,1-3H3/b12-9+,18-15+,24-21+,27-25+,32-30+,41-38+. The van der Waals surface area contributed by atoms with E-state index < -0.39 is 6.10 Å². The molecule has 0 rings (SSSR count). The van der Waals surface area contributed by atoms with E-state index in [0.717, 1.165) is 83.5 Å². The van der Waals surface area contributed by atoms with Crippen LogP contribution in [-0.2, 0) is 28.6 Å². The van der Waals surface area contributed by atoms with E-state index in [0.29, 0.717) is 19.3 Å². The second kappa shape index (κ2) is 51.5. The minimum absolute atomic E-state index is 0.100. The van der Waals surface area contributed by atoms with E-state index in [1.54, 1.807) is 0 Å². The molecule has 0 bridgehead atoms. The highest BCUT2D eigenvalue weighted by molar-refractivity contribution is 5.71. The van der Waals surface area contributed by atoms with Gasteiger partial charge in [0.15, 0.2) is 6.10 Å². The number of ether oxygens (including phenoxy) is 3. The molecule has 0 amide bonds. The topological polar surface area (TPSA) is 78.9 Å². The summed E-state index contributed by atoms with van der Waals surface area (Å²) in [5.41, 5.74) is 0. The van der Waals surface area contributed by atoms with Gasteiger partial charge in [0.1, 0.15) is 13.2 Å². The summed E-state index contributed by atoms with van der Waals surface area (Å²) in [6, 6.07) is 0. The zero-order valence-electron chi connectivity index (χ0n) is 41.3. The van der Waals surface area contributed by atoms with Gasteiger partial charge < -0.3 is 14.2 Å². The Morgan fingerprint density at radius 3 is 1.16 bits per heavy atom. The first-order chi connectivity index (χ1) is 31.0. The van der Waals surface area contributed by atoms with Crippen LogP contribution in [0.25, 0.3) is 0 Å². The van der Waals surface area contributed by atoms with Gasteiger partial charge in [0.25, 0.3) is 0 Å². The number of hydrogen-bond acceptors (Lipinski definition) is 6. The Morgan fingerprint density at radius 2 is 0.698 bits per heavy atom.